The number of hydrogen-bond donors (Lipinski definition) is 1. The fourth-order valence-corrected chi connectivity index (χ4v) is 1.55. The molecule has 0 fully saturated rings. The minimum absolute atomic E-state index is 0.540. The van der Waals surface area contributed by atoms with Crippen LogP contribution in [0.2, 0.25) is 0 Å². The highest BCUT2D eigenvalue weighted by atomic mass is 16.5. The molecule has 1 aromatic carbocycles. The number of nitrogens with two attached hydrogens (primary N) is 1. The van der Waals surface area contributed by atoms with Gasteiger partial charge in [0.1, 0.15) is 12.4 Å². The number of ether oxygens (including phenoxy) is 1. The predicted molar refractivity (Wildman–Crippen MR) is 67.6 cm³/mol. The third-order valence-electron chi connectivity index (χ3n) is 2.52. The summed E-state index contributed by atoms with van der Waals surface area (Å²) in [4.78, 5) is 4.18. The molecule has 1 heterocycles. The number of hydrogen-bond acceptors (Lipinski definition) is 3. The Kier molecular flexibility index (Phi) is 3.73. The molecule has 0 bridgehead atoms. The highest BCUT2D eigenvalue weighted by molar-refractivity contribution is 5.24. The summed E-state index contributed by atoms with van der Waals surface area (Å²) < 4.78 is 5.64. The zero-order chi connectivity index (χ0) is 12.1. The third-order valence-corrected chi connectivity index (χ3v) is 2.52. The number of rotatable bonds is 4. The number of aromatic nitrogens is 1. The van der Waals surface area contributed by atoms with E-state index in [0.717, 1.165) is 22.6 Å². The lowest BCUT2D eigenvalue weighted by Gasteiger charge is -2.07. The Morgan fingerprint density at radius 1 is 1.18 bits per heavy atom. The van der Waals surface area contributed by atoms with Gasteiger partial charge in [0.15, 0.2) is 0 Å². The molecule has 0 spiro atoms. The van der Waals surface area contributed by atoms with E-state index in [1.165, 1.54) is 0 Å². The standard InChI is InChI=1S/C14H16N2O/c1-11-5-6-14(9-16-11)17-10-13-4-2-3-12(7-13)8-15/h2-7,9H,8,10,15H2,1H3. The molecule has 2 aromatic rings. The Balaban J connectivity index is 1.99. The number of nitrogens with zero attached hydrogens (tertiary/aromatic N) is 1. The van der Waals surface area contributed by atoms with Gasteiger partial charge in [-0.15, -0.1) is 0 Å². The first-order valence-corrected chi connectivity index (χ1v) is 5.61. The summed E-state index contributed by atoms with van der Waals surface area (Å²) in [6.07, 6.45) is 1.74. The number of aryl methyl sites for hydroxylation is 1. The van der Waals surface area contributed by atoms with Crippen LogP contribution in [0.5, 0.6) is 5.75 Å². The van der Waals surface area contributed by atoms with Crippen LogP contribution in [0.4, 0.5) is 0 Å². The van der Waals surface area contributed by atoms with Crippen molar-refractivity contribution in [2.75, 3.05) is 0 Å². The summed E-state index contributed by atoms with van der Waals surface area (Å²) in [5.74, 6) is 0.786. The van der Waals surface area contributed by atoms with Gasteiger partial charge in [0.2, 0.25) is 0 Å². The van der Waals surface area contributed by atoms with Gasteiger partial charge in [-0.1, -0.05) is 24.3 Å². The van der Waals surface area contributed by atoms with Crippen LogP contribution in [0.25, 0.3) is 0 Å². The first-order chi connectivity index (χ1) is 8.28. The Morgan fingerprint density at radius 3 is 2.71 bits per heavy atom. The summed E-state index contributed by atoms with van der Waals surface area (Å²) in [5.41, 5.74) is 8.82. The topological polar surface area (TPSA) is 48.1 Å². The van der Waals surface area contributed by atoms with Gasteiger partial charge in [-0.2, -0.15) is 0 Å². The van der Waals surface area contributed by atoms with E-state index >= 15 is 0 Å². The van der Waals surface area contributed by atoms with E-state index in [1.54, 1.807) is 6.20 Å². The molecule has 0 amide bonds. The largest absolute Gasteiger partial charge is 0.487 e. The molecule has 0 aliphatic carbocycles. The molecule has 3 nitrogen and oxygen atoms in total. The first-order valence-electron chi connectivity index (χ1n) is 5.61. The Hall–Kier alpha value is -1.87. The second-order valence-corrected chi connectivity index (χ2v) is 3.95. The van der Waals surface area contributed by atoms with Gasteiger partial charge < -0.3 is 10.5 Å². The zero-order valence-corrected chi connectivity index (χ0v) is 9.89. The Bertz CT molecular complexity index is 480. The van der Waals surface area contributed by atoms with E-state index in [9.17, 15) is 0 Å². The van der Waals surface area contributed by atoms with Crippen molar-refractivity contribution in [3.63, 3.8) is 0 Å². The lowest BCUT2D eigenvalue weighted by molar-refractivity contribution is 0.305. The molecule has 2 rings (SSSR count). The Labute approximate surface area is 101 Å². The van der Waals surface area contributed by atoms with Crippen molar-refractivity contribution in [2.24, 2.45) is 5.73 Å². The third kappa shape index (κ3) is 3.29. The average Bonchev–Trinajstić information content (AvgIpc) is 2.38. The van der Waals surface area contributed by atoms with Crippen LogP contribution in [0.1, 0.15) is 16.8 Å². The van der Waals surface area contributed by atoms with Gasteiger partial charge >= 0.3 is 0 Å². The summed E-state index contributed by atoms with van der Waals surface area (Å²) in [6, 6.07) is 12.0. The lowest BCUT2D eigenvalue weighted by Crippen LogP contribution is -2.00. The molecular formula is C14H16N2O. The van der Waals surface area contributed by atoms with Crippen molar-refractivity contribution in [1.82, 2.24) is 4.98 Å². The average molecular weight is 228 g/mol. The molecule has 0 saturated carbocycles. The van der Waals surface area contributed by atoms with E-state index < -0.39 is 0 Å². The van der Waals surface area contributed by atoms with Gasteiger partial charge in [-0.25, -0.2) is 0 Å². The molecule has 1 aromatic heterocycles. The van der Waals surface area contributed by atoms with Crippen LogP contribution in [-0.2, 0) is 13.2 Å². The van der Waals surface area contributed by atoms with Gasteiger partial charge in [0, 0.05) is 12.2 Å². The van der Waals surface area contributed by atoms with Crippen LogP contribution in [0.15, 0.2) is 42.6 Å². The van der Waals surface area contributed by atoms with Crippen molar-refractivity contribution in [2.45, 2.75) is 20.1 Å². The second-order valence-electron chi connectivity index (χ2n) is 3.95. The molecule has 0 aliphatic heterocycles. The summed E-state index contributed by atoms with van der Waals surface area (Å²) in [6.45, 7) is 3.05. The number of pyridine rings is 1. The predicted octanol–water partition coefficient (Wildman–Crippen LogP) is 2.43. The van der Waals surface area contributed by atoms with Crippen molar-refractivity contribution in [1.29, 1.82) is 0 Å². The van der Waals surface area contributed by atoms with Gasteiger partial charge in [-0.3, -0.25) is 4.98 Å². The van der Waals surface area contributed by atoms with E-state index in [-0.39, 0.29) is 0 Å². The van der Waals surface area contributed by atoms with E-state index in [2.05, 4.69) is 11.1 Å². The normalized spacial score (nSPS) is 10.2. The molecule has 2 N–H and O–H groups in total. The quantitative estimate of drug-likeness (QED) is 0.874. The molecule has 0 aliphatic rings. The fraction of sp³-hybridized carbons (Fsp3) is 0.214. The van der Waals surface area contributed by atoms with Gasteiger partial charge in [-0.05, 0) is 30.2 Å². The molecule has 0 saturated heterocycles. The lowest BCUT2D eigenvalue weighted by atomic mass is 10.1. The van der Waals surface area contributed by atoms with Crippen molar-refractivity contribution in [3.05, 3.63) is 59.4 Å². The molecule has 0 unspecified atom stereocenters. The molecule has 0 radical (unpaired) electrons. The zero-order valence-electron chi connectivity index (χ0n) is 9.89. The SMILES string of the molecule is Cc1ccc(OCc2cccc(CN)c2)cn1. The molecule has 17 heavy (non-hydrogen) atoms. The van der Waals surface area contributed by atoms with Crippen LogP contribution < -0.4 is 10.5 Å². The van der Waals surface area contributed by atoms with Crippen LogP contribution in [0.3, 0.4) is 0 Å². The highest BCUT2D eigenvalue weighted by Crippen LogP contribution is 2.12. The summed E-state index contributed by atoms with van der Waals surface area (Å²) in [5, 5.41) is 0. The van der Waals surface area contributed by atoms with Crippen LogP contribution >= 0.6 is 0 Å². The molecule has 88 valence electrons. The minimum Gasteiger partial charge on any atom is -0.487 e. The number of benzene rings is 1. The molecule has 0 atom stereocenters. The maximum absolute atomic E-state index is 5.64. The minimum atomic E-state index is 0.540. The monoisotopic (exact) mass is 228 g/mol. The summed E-state index contributed by atoms with van der Waals surface area (Å²) >= 11 is 0. The van der Waals surface area contributed by atoms with E-state index in [4.69, 9.17) is 10.5 Å². The highest BCUT2D eigenvalue weighted by Gasteiger charge is 1.97. The molecular weight excluding hydrogens is 212 g/mol. The van der Waals surface area contributed by atoms with Gasteiger partial charge in [0.25, 0.3) is 0 Å². The molecule has 3 heteroatoms. The second kappa shape index (κ2) is 5.46. The maximum Gasteiger partial charge on any atom is 0.138 e. The first kappa shape index (κ1) is 11.6. The van der Waals surface area contributed by atoms with E-state index in [1.807, 2.05) is 37.3 Å². The summed E-state index contributed by atoms with van der Waals surface area (Å²) in [7, 11) is 0. The fourth-order valence-electron chi connectivity index (χ4n) is 1.55. The van der Waals surface area contributed by atoms with E-state index in [0.29, 0.717) is 13.2 Å². The van der Waals surface area contributed by atoms with Gasteiger partial charge in [0.05, 0.1) is 6.20 Å². The Morgan fingerprint density at radius 2 is 2.00 bits per heavy atom. The van der Waals surface area contributed by atoms with Crippen LogP contribution in [0, 0.1) is 6.92 Å². The van der Waals surface area contributed by atoms with Crippen molar-refractivity contribution in [3.8, 4) is 5.75 Å². The van der Waals surface area contributed by atoms with Crippen molar-refractivity contribution < 1.29 is 4.74 Å². The van der Waals surface area contributed by atoms with Crippen LogP contribution in [-0.4, -0.2) is 4.98 Å². The smallest absolute Gasteiger partial charge is 0.138 e. The maximum atomic E-state index is 5.64. The van der Waals surface area contributed by atoms with Crippen molar-refractivity contribution >= 4 is 0 Å².